The van der Waals surface area contributed by atoms with E-state index in [4.69, 9.17) is 5.11 Å². The lowest BCUT2D eigenvalue weighted by atomic mass is 9.83. The topological polar surface area (TPSA) is 57.6 Å². The summed E-state index contributed by atoms with van der Waals surface area (Å²) < 4.78 is 39.2. The van der Waals surface area contributed by atoms with Crippen LogP contribution >= 0.6 is 0 Å². The van der Waals surface area contributed by atoms with Gasteiger partial charge in [0.25, 0.3) is 0 Å². The summed E-state index contributed by atoms with van der Waals surface area (Å²) in [5, 5.41) is 9.06. The Morgan fingerprint density at radius 2 is 1.67 bits per heavy atom. The lowest BCUT2D eigenvalue weighted by Gasteiger charge is -2.30. The highest BCUT2D eigenvalue weighted by molar-refractivity contribution is 5.88. The summed E-state index contributed by atoms with van der Waals surface area (Å²) in [7, 11) is 0. The highest BCUT2D eigenvalue weighted by Crippen LogP contribution is 2.39. The van der Waals surface area contributed by atoms with Gasteiger partial charge >= 0.3 is 12.1 Å². The van der Waals surface area contributed by atoms with E-state index in [0.717, 1.165) is 10.5 Å². The molecule has 1 saturated heterocycles. The fourth-order valence-electron chi connectivity index (χ4n) is 3.04. The van der Waals surface area contributed by atoms with Gasteiger partial charge in [-0.2, -0.15) is 13.2 Å². The second-order valence-corrected chi connectivity index (χ2v) is 6.79. The van der Waals surface area contributed by atoms with Crippen LogP contribution in [0.4, 0.5) is 13.2 Å². The number of aliphatic carboxylic acids is 1. The first-order valence-corrected chi connectivity index (χ1v) is 7.60. The number of hydrogen-bond donors (Lipinski definition) is 1. The van der Waals surface area contributed by atoms with Gasteiger partial charge in [0, 0.05) is 13.1 Å². The molecule has 0 saturated carbocycles. The molecular formula is C17H20F3NO3. The summed E-state index contributed by atoms with van der Waals surface area (Å²) in [6, 6.07) is 7.18. The van der Waals surface area contributed by atoms with Crippen molar-refractivity contribution in [2.75, 3.05) is 13.1 Å². The SMILES string of the molecule is Cc1ccc(C(C)(C)C(=O)N2C[C@@H](C(F)(F)F)[C@H](C(=O)O)C2)cc1. The van der Waals surface area contributed by atoms with Crippen LogP contribution < -0.4 is 0 Å². The number of carboxylic acid groups (broad SMARTS) is 1. The minimum atomic E-state index is -4.65. The van der Waals surface area contributed by atoms with Gasteiger partial charge in [-0.3, -0.25) is 9.59 Å². The monoisotopic (exact) mass is 343 g/mol. The number of amides is 1. The van der Waals surface area contributed by atoms with Gasteiger partial charge in [0.15, 0.2) is 0 Å². The maximum Gasteiger partial charge on any atom is 0.394 e. The van der Waals surface area contributed by atoms with E-state index in [-0.39, 0.29) is 0 Å². The lowest BCUT2D eigenvalue weighted by molar-refractivity contribution is -0.188. The van der Waals surface area contributed by atoms with Crippen LogP contribution in [0, 0.1) is 18.8 Å². The van der Waals surface area contributed by atoms with E-state index in [0.29, 0.717) is 5.56 Å². The Hall–Kier alpha value is -2.05. The van der Waals surface area contributed by atoms with Crippen molar-refractivity contribution in [2.24, 2.45) is 11.8 Å². The van der Waals surface area contributed by atoms with Gasteiger partial charge in [0.1, 0.15) is 0 Å². The largest absolute Gasteiger partial charge is 0.481 e. The van der Waals surface area contributed by atoms with Crippen LogP contribution in [-0.4, -0.2) is 41.1 Å². The van der Waals surface area contributed by atoms with E-state index in [1.807, 2.05) is 19.1 Å². The second-order valence-electron chi connectivity index (χ2n) is 6.79. The van der Waals surface area contributed by atoms with Gasteiger partial charge in [-0.15, -0.1) is 0 Å². The van der Waals surface area contributed by atoms with Gasteiger partial charge in [0.05, 0.1) is 17.3 Å². The number of rotatable bonds is 3. The molecule has 1 aromatic carbocycles. The Morgan fingerprint density at radius 3 is 2.08 bits per heavy atom. The zero-order valence-electron chi connectivity index (χ0n) is 13.7. The van der Waals surface area contributed by atoms with E-state index in [1.165, 1.54) is 0 Å². The molecule has 0 aliphatic carbocycles. The third-order valence-corrected chi connectivity index (χ3v) is 4.65. The van der Waals surface area contributed by atoms with Crippen LogP contribution in [0.5, 0.6) is 0 Å². The summed E-state index contributed by atoms with van der Waals surface area (Å²) in [6.07, 6.45) is -4.65. The Labute approximate surface area is 138 Å². The maximum absolute atomic E-state index is 13.1. The molecule has 1 aliphatic heterocycles. The van der Waals surface area contributed by atoms with Crippen molar-refractivity contribution in [2.45, 2.75) is 32.4 Å². The molecule has 0 spiro atoms. The zero-order valence-corrected chi connectivity index (χ0v) is 13.7. The molecular weight excluding hydrogens is 323 g/mol. The van der Waals surface area contributed by atoms with Crippen molar-refractivity contribution < 1.29 is 27.9 Å². The van der Waals surface area contributed by atoms with E-state index in [1.54, 1.807) is 26.0 Å². The summed E-state index contributed by atoms with van der Waals surface area (Å²) in [5.41, 5.74) is 0.656. The number of carbonyl (C=O) groups is 2. The molecule has 1 aromatic rings. The van der Waals surface area contributed by atoms with Gasteiger partial charge in [-0.1, -0.05) is 29.8 Å². The molecule has 0 bridgehead atoms. The lowest BCUT2D eigenvalue weighted by Crippen LogP contribution is -2.43. The van der Waals surface area contributed by atoms with Crippen molar-refractivity contribution in [3.8, 4) is 0 Å². The first kappa shape index (κ1) is 18.3. The molecule has 0 aromatic heterocycles. The molecule has 1 aliphatic rings. The third-order valence-electron chi connectivity index (χ3n) is 4.65. The molecule has 7 heteroatoms. The van der Waals surface area contributed by atoms with E-state index >= 15 is 0 Å². The quantitative estimate of drug-likeness (QED) is 0.918. The summed E-state index contributed by atoms with van der Waals surface area (Å²) in [6.45, 7) is 4.13. The summed E-state index contributed by atoms with van der Waals surface area (Å²) >= 11 is 0. The number of benzene rings is 1. The second kappa shape index (κ2) is 6.11. The molecule has 1 amide bonds. The van der Waals surface area contributed by atoms with Gasteiger partial charge in [-0.05, 0) is 26.3 Å². The molecule has 24 heavy (non-hydrogen) atoms. The number of halogens is 3. The van der Waals surface area contributed by atoms with Crippen molar-refractivity contribution in [3.05, 3.63) is 35.4 Å². The fraction of sp³-hybridized carbons (Fsp3) is 0.529. The molecule has 1 N–H and O–H groups in total. The predicted octanol–water partition coefficient (Wildman–Crippen LogP) is 2.99. The number of likely N-dealkylation sites (tertiary alicyclic amines) is 1. The average molecular weight is 343 g/mol. The molecule has 1 fully saturated rings. The first-order valence-electron chi connectivity index (χ1n) is 7.60. The minimum Gasteiger partial charge on any atom is -0.481 e. The first-order chi connectivity index (χ1) is 10.9. The van der Waals surface area contributed by atoms with Crippen LogP contribution in [0.3, 0.4) is 0 Å². The Balaban J connectivity index is 2.26. The number of alkyl halides is 3. The standard InChI is InChI=1S/C17H20F3NO3/c1-10-4-6-11(7-5-10)16(2,3)15(24)21-8-12(14(22)23)13(9-21)17(18,19)20/h4-7,12-13H,8-9H2,1-3H3,(H,22,23)/t12-,13-/m1/s1. The Morgan fingerprint density at radius 1 is 1.12 bits per heavy atom. The van der Waals surface area contributed by atoms with Crippen LogP contribution in [0.2, 0.25) is 0 Å². The van der Waals surface area contributed by atoms with Crippen LogP contribution in [0.25, 0.3) is 0 Å². The van der Waals surface area contributed by atoms with Crippen LogP contribution in [0.15, 0.2) is 24.3 Å². The number of carboxylic acids is 1. The fourth-order valence-corrected chi connectivity index (χ4v) is 3.04. The van der Waals surface area contributed by atoms with E-state index in [9.17, 15) is 22.8 Å². The Kier molecular flexibility index (Phi) is 4.65. The molecule has 0 unspecified atom stereocenters. The summed E-state index contributed by atoms with van der Waals surface area (Å²) in [5.74, 6) is -5.68. The van der Waals surface area contributed by atoms with Crippen LogP contribution in [-0.2, 0) is 15.0 Å². The van der Waals surface area contributed by atoms with Crippen molar-refractivity contribution >= 4 is 11.9 Å². The number of hydrogen-bond acceptors (Lipinski definition) is 2. The third kappa shape index (κ3) is 3.39. The molecule has 4 nitrogen and oxygen atoms in total. The van der Waals surface area contributed by atoms with Crippen molar-refractivity contribution in [1.29, 1.82) is 0 Å². The molecule has 2 atom stereocenters. The zero-order chi connectivity index (χ0) is 18.3. The minimum absolute atomic E-state index is 0.423. The average Bonchev–Trinajstić information content (AvgIpc) is 2.92. The normalized spacial score (nSPS) is 21.8. The van der Waals surface area contributed by atoms with Gasteiger partial charge in [-0.25, -0.2) is 0 Å². The smallest absolute Gasteiger partial charge is 0.394 e. The Bertz CT molecular complexity index is 637. The van der Waals surface area contributed by atoms with E-state index < -0.39 is 48.4 Å². The predicted molar refractivity (Wildman–Crippen MR) is 81.5 cm³/mol. The van der Waals surface area contributed by atoms with Gasteiger partial charge in [0.2, 0.25) is 5.91 Å². The number of carbonyl (C=O) groups excluding carboxylic acids is 1. The van der Waals surface area contributed by atoms with Crippen molar-refractivity contribution in [1.82, 2.24) is 4.90 Å². The van der Waals surface area contributed by atoms with Crippen molar-refractivity contribution in [3.63, 3.8) is 0 Å². The maximum atomic E-state index is 13.1. The molecule has 2 rings (SSSR count). The number of aryl methyl sites for hydroxylation is 1. The molecule has 1 heterocycles. The molecule has 132 valence electrons. The van der Waals surface area contributed by atoms with Gasteiger partial charge < -0.3 is 10.0 Å². The summed E-state index contributed by atoms with van der Waals surface area (Å²) in [4.78, 5) is 24.9. The highest BCUT2D eigenvalue weighted by Gasteiger charge is 2.54. The van der Waals surface area contributed by atoms with E-state index in [2.05, 4.69) is 0 Å². The molecule has 0 radical (unpaired) electrons. The highest BCUT2D eigenvalue weighted by atomic mass is 19.4. The van der Waals surface area contributed by atoms with Crippen LogP contribution in [0.1, 0.15) is 25.0 Å². The number of nitrogens with zero attached hydrogens (tertiary/aromatic N) is 1.